The first kappa shape index (κ1) is 25.0. The predicted molar refractivity (Wildman–Crippen MR) is 162 cm³/mol. The summed E-state index contributed by atoms with van der Waals surface area (Å²) in [6.07, 6.45) is 4.94. The molecule has 8 nitrogen and oxygen atoms in total. The molecule has 0 aliphatic carbocycles. The van der Waals surface area contributed by atoms with Crippen LogP contribution in [0.5, 0.6) is 0 Å². The van der Waals surface area contributed by atoms with E-state index in [1.54, 1.807) is 11.3 Å². The van der Waals surface area contributed by atoms with Crippen molar-refractivity contribution in [3.05, 3.63) is 72.2 Å². The average molecular weight is 549 g/mol. The van der Waals surface area contributed by atoms with E-state index in [-0.39, 0.29) is 0 Å². The van der Waals surface area contributed by atoms with Crippen LogP contribution in [0.1, 0.15) is 37.4 Å². The fraction of sp³-hybridized carbons (Fsp3) is 0.323. The van der Waals surface area contributed by atoms with E-state index in [0.29, 0.717) is 18.0 Å². The highest BCUT2D eigenvalue weighted by Gasteiger charge is 2.42. The summed E-state index contributed by atoms with van der Waals surface area (Å²) in [5, 5.41) is 4.37. The van der Waals surface area contributed by atoms with Crippen molar-refractivity contribution in [3.63, 3.8) is 0 Å². The fourth-order valence-corrected chi connectivity index (χ4v) is 6.85. The molecule has 2 aliphatic heterocycles. The Balaban J connectivity index is 1.15. The Morgan fingerprint density at radius 1 is 0.925 bits per heavy atom. The number of nitrogens with zero attached hydrogens (tertiary/aromatic N) is 7. The largest absolute Gasteiger partial charge is 0.335 e. The van der Waals surface area contributed by atoms with Crippen molar-refractivity contribution in [2.75, 3.05) is 30.4 Å². The molecule has 0 radical (unpaired) electrons. The molecule has 7 rings (SSSR count). The molecule has 0 saturated carbocycles. The van der Waals surface area contributed by atoms with E-state index in [1.807, 2.05) is 37.5 Å². The van der Waals surface area contributed by atoms with Gasteiger partial charge in [0.1, 0.15) is 16.6 Å². The van der Waals surface area contributed by atoms with Gasteiger partial charge in [0.15, 0.2) is 0 Å². The molecule has 2 atom stereocenters. The minimum Gasteiger partial charge on any atom is -0.335 e. The fourth-order valence-electron chi connectivity index (χ4n) is 5.94. The number of anilines is 3. The summed E-state index contributed by atoms with van der Waals surface area (Å²) in [7, 11) is 2.21. The van der Waals surface area contributed by atoms with Crippen molar-refractivity contribution in [3.8, 4) is 21.8 Å². The molecule has 2 saturated heterocycles. The highest BCUT2D eigenvalue weighted by atomic mass is 32.1. The van der Waals surface area contributed by atoms with Crippen LogP contribution in [-0.2, 0) is 0 Å². The summed E-state index contributed by atoms with van der Waals surface area (Å²) >= 11 is 1.65. The third kappa shape index (κ3) is 4.59. The number of aromatic nitrogens is 5. The molecule has 0 unspecified atom stereocenters. The number of benzene rings is 1. The van der Waals surface area contributed by atoms with Gasteiger partial charge in [0.25, 0.3) is 0 Å². The molecule has 5 aromatic rings. The van der Waals surface area contributed by atoms with Gasteiger partial charge in [-0.3, -0.25) is 9.88 Å². The highest BCUT2D eigenvalue weighted by molar-refractivity contribution is 7.21. The van der Waals surface area contributed by atoms with Gasteiger partial charge in [-0.1, -0.05) is 38.1 Å². The maximum atomic E-state index is 4.98. The molecule has 202 valence electrons. The van der Waals surface area contributed by atoms with Gasteiger partial charge in [0.05, 0.1) is 15.9 Å². The number of rotatable bonds is 6. The first-order valence-corrected chi connectivity index (χ1v) is 14.6. The van der Waals surface area contributed by atoms with E-state index in [4.69, 9.17) is 19.9 Å². The number of fused-ring (bicyclic) bond motifs is 3. The lowest BCUT2D eigenvalue weighted by Crippen LogP contribution is -2.45. The number of pyridine rings is 2. The van der Waals surface area contributed by atoms with Crippen LogP contribution in [0.15, 0.2) is 60.9 Å². The molecule has 2 aliphatic rings. The van der Waals surface area contributed by atoms with Crippen LogP contribution in [0.3, 0.4) is 0 Å². The second-order valence-corrected chi connectivity index (χ2v) is 12.2. The number of nitrogens with one attached hydrogen (secondary N) is 1. The van der Waals surface area contributed by atoms with Crippen molar-refractivity contribution in [2.45, 2.75) is 45.2 Å². The zero-order chi connectivity index (χ0) is 27.4. The quantitative estimate of drug-likeness (QED) is 0.266. The molecule has 1 N–H and O–H groups in total. The molecular weight excluding hydrogens is 516 g/mol. The van der Waals surface area contributed by atoms with Crippen LogP contribution in [-0.4, -0.2) is 62.0 Å². The van der Waals surface area contributed by atoms with Gasteiger partial charge in [0.2, 0.25) is 5.95 Å². The van der Waals surface area contributed by atoms with E-state index < -0.39 is 0 Å². The van der Waals surface area contributed by atoms with Gasteiger partial charge in [-0.25, -0.2) is 15.0 Å². The van der Waals surface area contributed by atoms with Crippen LogP contribution in [0.25, 0.3) is 32.0 Å². The summed E-state index contributed by atoms with van der Waals surface area (Å²) in [6.45, 7) is 8.47. The van der Waals surface area contributed by atoms with E-state index >= 15 is 0 Å². The smallest absolute Gasteiger partial charge is 0.227 e. The molecule has 2 bridgehead atoms. The maximum absolute atomic E-state index is 4.98. The second kappa shape index (κ2) is 9.91. The first-order valence-electron chi connectivity index (χ1n) is 13.8. The zero-order valence-corrected chi connectivity index (χ0v) is 24.0. The van der Waals surface area contributed by atoms with E-state index in [9.17, 15) is 0 Å². The predicted octanol–water partition coefficient (Wildman–Crippen LogP) is 6.28. The maximum Gasteiger partial charge on any atom is 0.227 e. The Hall–Kier alpha value is -3.95. The van der Waals surface area contributed by atoms with Crippen molar-refractivity contribution in [1.82, 2.24) is 29.8 Å². The highest BCUT2D eigenvalue weighted by Crippen LogP contribution is 2.35. The number of hydrogen-bond donors (Lipinski definition) is 1. The lowest BCUT2D eigenvalue weighted by atomic mass is 9.96. The molecule has 6 heterocycles. The molecule has 0 amide bonds. The number of likely N-dealkylation sites (N-methyl/N-ethyl adjacent to an activating group) is 1. The van der Waals surface area contributed by atoms with E-state index in [1.165, 1.54) is 12.0 Å². The van der Waals surface area contributed by atoms with Crippen molar-refractivity contribution < 1.29 is 0 Å². The topological polar surface area (TPSA) is 83.0 Å². The number of hydrogen-bond acceptors (Lipinski definition) is 9. The van der Waals surface area contributed by atoms with Crippen LogP contribution < -0.4 is 10.2 Å². The van der Waals surface area contributed by atoms with Crippen LogP contribution in [0.4, 0.5) is 17.6 Å². The number of aryl methyl sites for hydroxylation is 1. The van der Waals surface area contributed by atoms with Crippen molar-refractivity contribution in [1.29, 1.82) is 0 Å². The third-order valence-corrected chi connectivity index (χ3v) is 9.04. The molecular formula is C31H32N8S. The molecule has 2 fully saturated rings. The minimum atomic E-state index is 0.397. The lowest BCUT2D eigenvalue weighted by molar-refractivity contribution is 0.291. The molecule has 4 aromatic heterocycles. The Labute approximate surface area is 238 Å². The van der Waals surface area contributed by atoms with Gasteiger partial charge in [-0.2, -0.15) is 4.98 Å². The zero-order valence-electron chi connectivity index (χ0n) is 23.2. The van der Waals surface area contributed by atoms with Gasteiger partial charge in [0, 0.05) is 66.5 Å². The molecule has 1 aromatic carbocycles. The van der Waals surface area contributed by atoms with Crippen molar-refractivity contribution >= 4 is 39.1 Å². The standard InChI is InChI=1S/C31H32N8S/c1-18(2)24-9-6-10-32-29(24)20-7-5-8-21(12-20)30-35-25-14-27(33-15-26(25)40-30)36-28-11-19(3)34-31(37-28)39-17-22-13-23(39)16-38(22)4/h5-12,14-15,18,22-23H,13,16-17H2,1-4H3,(H,33,34,36,37)/t22-,23-/m0/s1. The molecule has 40 heavy (non-hydrogen) atoms. The number of likely N-dealkylation sites (tertiary alicyclic amines) is 1. The summed E-state index contributed by atoms with van der Waals surface area (Å²) in [5.41, 5.74) is 6.31. The Kier molecular flexibility index (Phi) is 6.20. The van der Waals surface area contributed by atoms with Crippen LogP contribution in [0, 0.1) is 6.92 Å². The van der Waals surface area contributed by atoms with Gasteiger partial charge < -0.3 is 10.2 Å². The van der Waals surface area contributed by atoms with Crippen LogP contribution in [0.2, 0.25) is 0 Å². The third-order valence-electron chi connectivity index (χ3n) is 7.99. The summed E-state index contributed by atoms with van der Waals surface area (Å²) in [5.74, 6) is 2.67. The summed E-state index contributed by atoms with van der Waals surface area (Å²) < 4.78 is 1.04. The van der Waals surface area contributed by atoms with Gasteiger partial charge in [-0.15, -0.1) is 11.3 Å². The van der Waals surface area contributed by atoms with Crippen LogP contribution >= 0.6 is 11.3 Å². The number of thiazole rings is 1. The molecule has 0 spiro atoms. The normalized spacial score (nSPS) is 18.8. The molecule has 9 heteroatoms. The van der Waals surface area contributed by atoms with E-state index in [2.05, 4.69) is 71.3 Å². The van der Waals surface area contributed by atoms with E-state index in [0.717, 1.165) is 68.4 Å². The monoisotopic (exact) mass is 548 g/mol. The minimum absolute atomic E-state index is 0.397. The Bertz CT molecular complexity index is 1710. The Morgan fingerprint density at radius 3 is 2.60 bits per heavy atom. The SMILES string of the molecule is Cc1cc(Nc2cc3nc(-c4cccc(-c5ncccc5C(C)C)c4)sc3cn2)nc(N2C[C@@H]3C[C@H]2CN3C)n1. The van der Waals surface area contributed by atoms with Gasteiger partial charge in [-0.05, 0) is 44.0 Å². The van der Waals surface area contributed by atoms with Crippen molar-refractivity contribution in [2.24, 2.45) is 0 Å². The average Bonchev–Trinajstić information content (AvgIpc) is 3.66. The lowest BCUT2D eigenvalue weighted by Gasteiger charge is -2.32. The summed E-state index contributed by atoms with van der Waals surface area (Å²) in [4.78, 5) is 28.8. The Morgan fingerprint density at radius 2 is 1.80 bits per heavy atom. The first-order chi connectivity index (χ1) is 19.4. The second-order valence-electron chi connectivity index (χ2n) is 11.2. The van der Waals surface area contributed by atoms with Gasteiger partial charge >= 0.3 is 0 Å². The number of piperazine rings is 1. The summed E-state index contributed by atoms with van der Waals surface area (Å²) in [6, 6.07) is 17.7.